The minimum atomic E-state index is -3.99. The average molecular weight is 419 g/mol. The number of hydrogen-bond acceptors (Lipinski definition) is 7. The topological polar surface area (TPSA) is 86.5 Å². The lowest BCUT2D eigenvalue weighted by Gasteiger charge is -2.41. The van der Waals surface area contributed by atoms with Gasteiger partial charge in [-0.15, -0.1) is 0 Å². The van der Waals surface area contributed by atoms with Gasteiger partial charge in [0, 0.05) is 25.6 Å². The van der Waals surface area contributed by atoms with E-state index in [2.05, 4.69) is 11.1 Å². The molecule has 146 valence electrons. The third-order valence-electron chi connectivity index (χ3n) is 5.28. The van der Waals surface area contributed by atoms with E-state index in [1.165, 1.54) is 0 Å². The quantitative estimate of drug-likeness (QED) is 0.419. The second kappa shape index (κ2) is 7.01. The fourth-order valence-corrected chi connectivity index (χ4v) is 5.26. The number of pyridine rings is 1. The smallest absolute Gasteiger partial charge is 0.299 e. The first-order valence-corrected chi connectivity index (χ1v) is 10.6. The third kappa shape index (κ3) is 3.35. The lowest BCUT2D eigenvalue weighted by molar-refractivity contribution is 0.0784. The number of hydrogen-bond donors (Lipinski definition) is 0. The fraction of sp³-hybridized carbons (Fsp3) is 0.368. The summed E-state index contributed by atoms with van der Waals surface area (Å²) in [5.41, 5.74) is 0.622. The number of nitrogens with zero attached hydrogens (tertiary/aromatic N) is 4. The number of halogens is 1. The molecular formula is C19H19ClN4O3S. The molecule has 2 fully saturated rings. The van der Waals surface area contributed by atoms with Gasteiger partial charge in [-0.3, -0.25) is 4.90 Å². The Morgan fingerprint density at radius 3 is 2.71 bits per heavy atom. The Bertz CT molecular complexity index is 1020. The van der Waals surface area contributed by atoms with Crippen LogP contribution >= 0.6 is 11.6 Å². The first kappa shape index (κ1) is 19.2. The normalized spacial score (nSPS) is 24.5. The molecule has 2 saturated heterocycles. The number of anilines is 1. The van der Waals surface area contributed by atoms with Crippen molar-refractivity contribution in [2.45, 2.75) is 30.0 Å². The summed E-state index contributed by atoms with van der Waals surface area (Å²) in [5.74, 6) is 0. The predicted molar refractivity (Wildman–Crippen MR) is 104 cm³/mol. The van der Waals surface area contributed by atoms with Crippen LogP contribution in [0.5, 0.6) is 0 Å². The van der Waals surface area contributed by atoms with Crippen molar-refractivity contribution in [3.05, 3.63) is 53.3 Å². The van der Waals surface area contributed by atoms with Gasteiger partial charge >= 0.3 is 0 Å². The van der Waals surface area contributed by atoms with Gasteiger partial charge in [0.1, 0.15) is 5.15 Å². The summed E-state index contributed by atoms with van der Waals surface area (Å²) in [6.07, 6.45) is 2.10. The molecule has 0 N–H and O–H groups in total. The zero-order valence-corrected chi connectivity index (χ0v) is 16.8. The van der Waals surface area contributed by atoms with Crippen LogP contribution in [0.1, 0.15) is 12.0 Å². The van der Waals surface area contributed by atoms with Gasteiger partial charge in [-0.25, -0.2) is 9.17 Å². The molecule has 0 amide bonds. The summed E-state index contributed by atoms with van der Waals surface area (Å²) >= 11 is 5.89. The molecule has 2 bridgehead atoms. The Hall–Kier alpha value is -2.18. The maximum atomic E-state index is 13.0. The van der Waals surface area contributed by atoms with E-state index in [0.717, 1.165) is 11.3 Å². The maximum Gasteiger partial charge on any atom is 0.299 e. The minimum absolute atomic E-state index is 0.0311. The largest absolute Gasteiger partial charge is 0.339 e. The van der Waals surface area contributed by atoms with Crippen LogP contribution in [-0.4, -0.2) is 49.7 Å². The molecule has 2 aromatic rings. The zero-order chi connectivity index (χ0) is 19.9. The Morgan fingerprint density at radius 1 is 1.32 bits per heavy atom. The van der Waals surface area contributed by atoms with Gasteiger partial charge in [-0.2, -0.15) is 13.7 Å². The Labute approximate surface area is 169 Å². The molecule has 9 heteroatoms. The number of rotatable bonds is 5. The minimum Gasteiger partial charge on any atom is -0.339 e. The highest BCUT2D eigenvalue weighted by Crippen LogP contribution is 2.45. The molecule has 1 aromatic heterocycles. The monoisotopic (exact) mass is 418 g/mol. The van der Waals surface area contributed by atoms with Gasteiger partial charge in [0.15, 0.2) is 5.72 Å². The molecule has 2 aliphatic rings. The number of fused-ring (bicyclic) bond motifs is 2. The summed E-state index contributed by atoms with van der Waals surface area (Å²) in [7, 11) is -3.99. The van der Waals surface area contributed by atoms with Crippen LogP contribution in [0.15, 0.2) is 47.5 Å². The van der Waals surface area contributed by atoms with E-state index in [4.69, 9.17) is 21.0 Å². The van der Waals surface area contributed by atoms with Gasteiger partial charge in [0.05, 0.1) is 29.4 Å². The second-order valence-electron chi connectivity index (χ2n) is 7.17. The second-order valence-corrected chi connectivity index (χ2v) is 9.10. The van der Waals surface area contributed by atoms with Gasteiger partial charge < -0.3 is 4.90 Å². The van der Waals surface area contributed by atoms with Crippen LogP contribution < -0.4 is 4.90 Å². The van der Waals surface area contributed by atoms with Crippen LogP contribution in [0.25, 0.3) is 0 Å². The van der Waals surface area contributed by atoms with E-state index in [0.29, 0.717) is 24.7 Å². The molecule has 28 heavy (non-hydrogen) atoms. The molecule has 0 radical (unpaired) electrons. The van der Waals surface area contributed by atoms with Crippen molar-refractivity contribution in [2.24, 2.45) is 0 Å². The van der Waals surface area contributed by atoms with E-state index in [9.17, 15) is 8.42 Å². The highest BCUT2D eigenvalue weighted by Gasteiger charge is 2.58. The number of nitriles is 1. The van der Waals surface area contributed by atoms with Crippen molar-refractivity contribution >= 4 is 27.4 Å². The van der Waals surface area contributed by atoms with E-state index in [1.54, 1.807) is 42.6 Å². The van der Waals surface area contributed by atoms with Crippen molar-refractivity contribution in [3.8, 4) is 6.07 Å². The first-order valence-electron chi connectivity index (χ1n) is 8.85. The summed E-state index contributed by atoms with van der Waals surface area (Å²) in [6, 6.07) is 12.2. The van der Waals surface area contributed by atoms with Crippen LogP contribution in [-0.2, 0) is 14.3 Å². The number of aromatic nitrogens is 1. The molecule has 0 saturated carbocycles. The highest BCUT2D eigenvalue weighted by molar-refractivity contribution is 7.86. The SMILES string of the molecule is Cc1ccc(S(=O)(=O)O[C@@]23C[C@H](CN2c2ccc(Cl)nc2)N(CC#N)C3)cc1. The van der Waals surface area contributed by atoms with Crippen molar-refractivity contribution in [3.63, 3.8) is 0 Å². The van der Waals surface area contributed by atoms with E-state index in [1.807, 2.05) is 16.7 Å². The molecule has 1 aromatic carbocycles. The number of benzene rings is 1. The molecule has 3 heterocycles. The van der Waals surface area contributed by atoms with E-state index in [-0.39, 0.29) is 17.5 Å². The Kier molecular flexibility index (Phi) is 4.79. The fourth-order valence-electron chi connectivity index (χ4n) is 3.97. The van der Waals surface area contributed by atoms with Gasteiger partial charge in [-0.05, 0) is 31.2 Å². The van der Waals surface area contributed by atoms with Gasteiger partial charge in [0.2, 0.25) is 0 Å². The molecule has 7 nitrogen and oxygen atoms in total. The van der Waals surface area contributed by atoms with Crippen LogP contribution in [0.2, 0.25) is 5.15 Å². The van der Waals surface area contributed by atoms with Crippen molar-refractivity contribution in [2.75, 3.05) is 24.5 Å². The molecule has 4 rings (SSSR count). The van der Waals surface area contributed by atoms with E-state index < -0.39 is 15.8 Å². The molecule has 2 atom stereocenters. The summed E-state index contributed by atoms with van der Waals surface area (Å²) in [4.78, 5) is 8.11. The lowest BCUT2D eigenvalue weighted by atomic mass is 10.2. The average Bonchev–Trinajstić information content (AvgIpc) is 3.17. The maximum absolute atomic E-state index is 13.0. The Balaban J connectivity index is 1.70. The molecule has 0 spiro atoms. The predicted octanol–water partition coefficient (Wildman–Crippen LogP) is 2.56. The van der Waals surface area contributed by atoms with Crippen LogP contribution in [0, 0.1) is 18.3 Å². The highest BCUT2D eigenvalue weighted by atomic mass is 35.5. The summed E-state index contributed by atoms with van der Waals surface area (Å²) in [6.45, 7) is 2.99. The van der Waals surface area contributed by atoms with Crippen molar-refractivity contribution < 1.29 is 12.6 Å². The van der Waals surface area contributed by atoms with Crippen molar-refractivity contribution in [1.29, 1.82) is 5.26 Å². The Morgan fingerprint density at radius 2 is 2.07 bits per heavy atom. The van der Waals surface area contributed by atoms with E-state index >= 15 is 0 Å². The van der Waals surface area contributed by atoms with Gasteiger partial charge in [0.25, 0.3) is 10.1 Å². The summed E-state index contributed by atoms with van der Waals surface area (Å²) < 4.78 is 31.9. The van der Waals surface area contributed by atoms with Crippen LogP contribution in [0.4, 0.5) is 5.69 Å². The molecule has 0 unspecified atom stereocenters. The molecular weight excluding hydrogens is 400 g/mol. The van der Waals surface area contributed by atoms with Crippen molar-refractivity contribution in [1.82, 2.24) is 9.88 Å². The molecule has 0 aliphatic carbocycles. The van der Waals surface area contributed by atoms with Crippen LogP contribution in [0.3, 0.4) is 0 Å². The third-order valence-corrected chi connectivity index (χ3v) is 6.88. The zero-order valence-electron chi connectivity index (χ0n) is 15.2. The number of likely N-dealkylation sites (tertiary alicyclic amines) is 1. The van der Waals surface area contributed by atoms with Gasteiger partial charge in [-0.1, -0.05) is 29.3 Å². The summed E-state index contributed by atoms with van der Waals surface area (Å²) in [5, 5.41) is 9.46. The number of piperazine rings is 1. The lowest BCUT2D eigenvalue weighted by Crippen LogP contribution is -2.56. The standard InChI is InChI=1S/C19H19ClN4O3S/c1-14-2-5-17(6-3-14)28(25,26)27-19-10-16(23(13-19)9-8-21)12-24(19)15-4-7-18(20)22-11-15/h2-7,11,16H,9-10,12-13H2,1H3/t16-,19-/m1/s1. The molecule has 2 aliphatic heterocycles. The number of aryl methyl sites for hydroxylation is 1. The first-order chi connectivity index (χ1) is 13.3.